The Morgan fingerprint density at radius 2 is 1.87 bits per heavy atom. The van der Waals surface area contributed by atoms with Crippen LogP contribution in [0.2, 0.25) is 5.28 Å². The fourth-order valence-corrected chi connectivity index (χ4v) is 5.05. The molecule has 2 aromatic heterocycles. The van der Waals surface area contributed by atoms with E-state index in [4.69, 9.17) is 11.6 Å². The van der Waals surface area contributed by atoms with Crippen LogP contribution in [0, 0.1) is 12.8 Å². The third-order valence-corrected chi connectivity index (χ3v) is 7.86. The molecule has 2 aromatic rings. The lowest BCUT2D eigenvalue weighted by Gasteiger charge is -2.31. The van der Waals surface area contributed by atoms with Gasteiger partial charge in [0.25, 0.3) is 5.56 Å². The van der Waals surface area contributed by atoms with Crippen molar-refractivity contribution in [3.05, 3.63) is 21.3 Å². The normalized spacial score (nSPS) is 17.4. The van der Waals surface area contributed by atoms with Gasteiger partial charge >= 0.3 is 0 Å². The summed E-state index contributed by atoms with van der Waals surface area (Å²) in [4.78, 5) is 26.1. The van der Waals surface area contributed by atoms with Crippen LogP contribution in [0.15, 0.2) is 4.79 Å². The van der Waals surface area contributed by atoms with Gasteiger partial charge in [-0.3, -0.25) is 9.36 Å². The van der Waals surface area contributed by atoms with Gasteiger partial charge in [0.2, 0.25) is 15.3 Å². The first-order valence-corrected chi connectivity index (χ1v) is 12.3. The van der Waals surface area contributed by atoms with E-state index in [1.54, 1.807) is 22.7 Å². The molecule has 0 aromatic carbocycles. The summed E-state index contributed by atoms with van der Waals surface area (Å²) in [5, 5.41) is 3.29. The van der Waals surface area contributed by atoms with Crippen LogP contribution in [-0.4, -0.2) is 57.6 Å². The predicted molar refractivity (Wildman–Crippen MR) is 119 cm³/mol. The summed E-state index contributed by atoms with van der Waals surface area (Å²) in [5.74, 6) is 0.655. The van der Waals surface area contributed by atoms with Gasteiger partial charge in [-0.05, 0) is 57.6 Å². The highest BCUT2D eigenvalue weighted by molar-refractivity contribution is 7.89. The monoisotopic (exact) mass is 456 g/mol. The lowest BCUT2D eigenvalue weighted by atomic mass is 9.98. The summed E-state index contributed by atoms with van der Waals surface area (Å²) in [5.41, 5.74) is 1.36. The second-order valence-corrected chi connectivity index (χ2v) is 10.4. The van der Waals surface area contributed by atoms with Gasteiger partial charge in [-0.1, -0.05) is 6.92 Å². The molecule has 1 fully saturated rings. The molecule has 30 heavy (non-hydrogen) atoms. The highest BCUT2D eigenvalue weighted by atomic mass is 35.5. The smallest absolute Gasteiger partial charge is 0.295 e. The summed E-state index contributed by atoms with van der Waals surface area (Å²) < 4.78 is 27.2. The van der Waals surface area contributed by atoms with Crippen LogP contribution >= 0.6 is 11.6 Å². The van der Waals surface area contributed by atoms with Gasteiger partial charge in [0.15, 0.2) is 11.5 Å². The van der Waals surface area contributed by atoms with E-state index in [2.05, 4.69) is 20.3 Å². The van der Waals surface area contributed by atoms with Crippen molar-refractivity contribution in [2.45, 2.75) is 53.0 Å². The Balaban J connectivity index is 1.84. The number of sulfonamides is 1. The number of hydrogen-bond donors (Lipinski definition) is 1. The van der Waals surface area contributed by atoms with E-state index in [1.165, 1.54) is 0 Å². The summed E-state index contributed by atoms with van der Waals surface area (Å²) in [6.45, 7) is 9.00. The van der Waals surface area contributed by atoms with Gasteiger partial charge in [0.05, 0.1) is 11.4 Å². The minimum atomic E-state index is -3.15. The number of fused-ring (bicyclic) bond motifs is 1. The number of aryl methyl sites for hydroxylation is 1. The first-order valence-electron chi connectivity index (χ1n) is 10.4. The zero-order valence-electron chi connectivity index (χ0n) is 17.9. The van der Waals surface area contributed by atoms with Crippen LogP contribution in [-0.2, 0) is 10.0 Å². The Hall–Kier alpha value is -1.78. The molecular formula is C19H29ClN6O3S. The maximum absolute atomic E-state index is 13.1. The van der Waals surface area contributed by atoms with Gasteiger partial charge in [-0.2, -0.15) is 4.98 Å². The molecule has 0 bridgehead atoms. The van der Waals surface area contributed by atoms with Crippen LogP contribution < -0.4 is 10.9 Å². The van der Waals surface area contributed by atoms with Gasteiger partial charge in [0, 0.05) is 25.7 Å². The van der Waals surface area contributed by atoms with Crippen LogP contribution in [0.4, 0.5) is 5.82 Å². The molecule has 1 saturated heterocycles. The first kappa shape index (κ1) is 22.9. The van der Waals surface area contributed by atoms with Crippen LogP contribution in [0.5, 0.6) is 0 Å². The second kappa shape index (κ2) is 9.15. The quantitative estimate of drug-likeness (QED) is 0.637. The molecule has 1 N–H and O–H groups in total. The van der Waals surface area contributed by atoms with Crippen LogP contribution in [0.3, 0.4) is 0 Å². The van der Waals surface area contributed by atoms with E-state index in [0.717, 1.165) is 19.3 Å². The highest BCUT2D eigenvalue weighted by Crippen LogP contribution is 2.22. The van der Waals surface area contributed by atoms with Gasteiger partial charge in [-0.25, -0.2) is 22.7 Å². The van der Waals surface area contributed by atoms with Crippen molar-refractivity contribution < 1.29 is 8.42 Å². The fraction of sp³-hybridized carbons (Fsp3) is 0.684. The molecule has 3 heterocycles. The molecular weight excluding hydrogens is 428 g/mol. The molecule has 1 aliphatic rings. The van der Waals surface area contributed by atoms with E-state index < -0.39 is 10.0 Å². The van der Waals surface area contributed by atoms with E-state index in [0.29, 0.717) is 36.5 Å². The lowest BCUT2D eigenvalue weighted by Crippen LogP contribution is -2.41. The Labute approximate surface area is 181 Å². The van der Waals surface area contributed by atoms with Gasteiger partial charge < -0.3 is 5.32 Å². The molecule has 0 saturated carbocycles. The van der Waals surface area contributed by atoms with Gasteiger partial charge in [-0.15, -0.1) is 0 Å². The number of anilines is 1. The van der Waals surface area contributed by atoms with Crippen LogP contribution in [0.25, 0.3) is 11.2 Å². The number of piperidine rings is 1. The molecule has 0 radical (unpaired) electrons. The Morgan fingerprint density at radius 1 is 1.20 bits per heavy atom. The Bertz CT molecular complexity index is 1080. The largest absolute Gasteiger partial charge is 0.365 e. The summed E-state index contributed by atoms with van der Waals surface area (Å²) in [7, 11) is -3.15. The number of rotatable bonds is 7. The highest BCUT2D eigenvalue weighted by Gasteiger charge is 2.27. The van der Waals surface area contributed by atoms with E-state index >= 15 is 0 Å². The molecule has 11 heteroatoms. The van der Waals surface area contributed by atoms with Crippen molar-refractivity contribution in [2.75, 3.05) is 30.7 Å². The third kappa shape index (κ3) is 4.60. The standard InChI is InChI=1S/C19H29ClN6O3S/c1-5-12(3)26-17-15(13(4)22-19(20)24-17)23-16(18(26)27)21-11-14-7-9-25(10-8-14)30(28,29)6-2/h12,14H,5-11H2,1-4H3,(H,21,23)/t12-/m1/s1. The fourth-order valence-electron chi connectivity index (χ4n) is 3.71. The predicted octanol–water partition coefficient (Wildman–Crippen LogP) is 2.59. The van der Waals surface area contributed by atoms with E-state index in [-0.39, 0.29) is 34.4 Å². The molecule has 1 atom stereocenters. The molecule has 0 spiro atoms. The number of nitrogens with one attached hydrogen (secondary N) is 1. The zero-order valence-corrected chi connectivity index (χ0v) is 19.4. The molecule has 0 unspecified atom stereocenters. The molecule has 166 valence electrons. The Kier molecular flexibility index (Phi) is 6.98. The number of halogens is 1. The van der Waals surface area contributed by atoms with E-state index in [1.807, 2.05) is 13.8 Å². The summed E-state index contributed by atoms with van der Waals surface area (Å²) in [6, 6.07) is -0.0728. The van der Waals surface area contributed by atoms with Crippen molar-refractivity contribution in [3.8, 4) is 0 Å². The topological polar surface area (TPSA) is 110 Å². The SMILES string of the molecule is CC[C@@H](C)n1c(=O)c(NCC2CCN(S(=O)(=O)CC)CC2)nc2c(C)nc(Cl)nc21. The minimum absolute atomic E-state index is 0.0728. The lowest BCUT2D eigenvalue weighted by molar-refractivity contribution is 0.282. The maximum Gasteiger partial charge on any atom is 0.295 e. The third-order valence-electron chi connectivity index (χ3n) is 5.81. The van der Waals surface area contributed by atoms with Crippen molar-refractivity contribution in [1.29, 1.82) is 0 Å². The van der Waals surface area contributed by atoms with Crippen LogP contribution in [0.1, 0.15) is 51.8 Å². The molecule has 0 aliphatic carbocycles. The Morgan fingerprint density at radius 3 is 2.47 bits per heavy atom. The minimum Gasteiger partial charge on any atom is -0.365 e. The summed E-state index contributed by atoms with van der Waals surface area (Å²) in [6.07, 6.45) is 2.25. The number of nitrogens with zero attached hydrogens (tertiary/aromatic N) is 5. The van der Waals surface area contributed by atoms with Crippen molar-refractivity contribution in [2.24, 2.45) is 5.92 Å². The first-order chi connectivity index (χ1) is 14.2. The van der Waals surface area contributed by atoms with E-state index in [9.17, 15) is 13.2 Å². The average Bonchev–Trinajstić information content (AvgIpc) is 2.72. The second-order valence-electron chi connectivity index (χ2n) is 7.77. The number of hydrogen-bond acceptors (Lipinski definition) is 7. The number of aromatic nitrogens is 4. The van der Waals surface area contributed by atoms with Crippen molar-refractivity contribution in [1.82, 2.24) is 23.8 Å². The molecule has 3 rings (SSSR count). The van der Waals surface area contributed by atoms with Crippen molar-refractivity contribution >= 4 is 38.6 Å². The van der Waals surface area contributed by atoms with Gasteiger partial charge in [0.1, 0.15) is 5.52 Å². The van der Waals surface area contributed by atoms with Crippen molar-refractivity contribution in [3.63, 3.8) is 0 Å². The summed E-state index contributed by atoms with van der Waals surface area (Å²) >= 11 is 6.03. The maximum atomic E-state index is 13.1. The zero-order chi connectivity index (χ0) is 22.1. The molecule has 0 amide bonds. The average molecular weight is 457 g/mol. The molecule has 9 nitrogen and oxygen atoms in total. The molecule has 1 aliphatic heterocycles.